The smallest absolute Gasteiger partial charge is 0.305 e. The summed E-state index contributed by atoms with van der Waals surface area (Å²) in [6.07, 6.45) is 0.632. The molecule has 0 aromatic heterocycles. The SMILES string of the molecule is COCC(C)(CC(=O)O)NC(=O)CCCOc1ccccc1C. The zero-order valence-corrected chi connectivity index (χ0v) is 13.9. The molecule has 6 heteroatoms. The Bertz CT molecular complexity index is 531. The van der Waals surface area contributed by atoms with Gasteiger partial charge in [0.1, 0.15) is 5.75 Å². The van der Waals surface area contributed by atoms with Crippen molar-refractivity contribution in [2.75, 3.05) is 20.3 Å². The van der Waals surface area contributed by atoms with Crippen molar-refractivity contribution in [3.05, 3.63) is 29.8 Å². The molecule has 0 aliphatic heterocycles. The first-order chi connectivity index (χ1) is 10.9. The van der Waals surface area contributed by atoms with Gasteiger partial charge >= 0.3 is 5.97 Å². The molecule has 0 fully saturated rings. The van der Waals surface area contributed by atoms with Gasteiger partial charge in [0.15, 0.2) is 0 Å². The normalized spacial score (nSPS) is 13.2. The Kier molecular flexibility index (Phi) is 7.54. The molecule has 1 rings (SSSR count). The van der Waals surface area contributed by atoms with Crippen LogP contribution in [0.3, 0.4) is 0 Å². The Hall–Kier alpha value is -2.08. The molecule has 0 spiro atoms. The van der Waals surface area contributed by atoms with E-state index in [9.17, 15) is 9.59 Å². The van der Waals surface area contributed by atoms with Gasteiger partial charge in [0, 0.05) is 13.5 Å². The number of ether oxygens (including phenoxy) is 2. The average Bonchev–Trinajstić information content (AvgIpc) is 2.44. The zero-order chi connectivity index (χ0) is 17.3. The highest BCUT2D eigenvalue weighted by molar-refractivity contribution is 5.78. The second-order valence-electron chi connectivity index (χ2n) is 5.83. The summed E-state index contributed by atoms with van der Waals surface area (Å²) in [5.74, 6) is -0.380. The first-order valence-corrected chi connectivity index (χ1v) is 7.56. The zero-order valence-electron chi connectivity index (χ0n) is 13.9. The van der Waals surface area contributed by atoms with Crippen LogP contribution in [0.15, 0.2) is 24.3 Å². The lowest BCUT2D eigenvalue weighted by atomic mass is 9.98. The fourth-order valence-corrected chi connectivity index (χ4v) is 2.32. The summed E-state index contributed by atoms with van der Waals surface area (Å²) < 4.78 is 10.6. The van der Waals surface area contributed by atoms with Crippen LogP contribution < -0.4 is 10.1 Å². The maximum Gasteiger partial charge on any atom is 0.305 e. The fourth-order valence-electron chi connectivity index (χ4n) is 2.32. The van der Waals surface area contributed by atoms with Gasteiger partial charge in [-0.3, -0.25) is 9.59 Å². The van der Waals surface area contributed by atoms with Crippen LogP contribution in [0.25, 0.3) is 0 Å². The molecular weight excluding hydrogens is 298 g/mol. The number of carbonyl (C=O) groups is 2. The number of methoxy groups -OCH3 is 1. The molecule has 2 N–H and O–H groups in total. The number of para-hydroxylation sites is 1. The summed E-state index contributed by atoms with van der Waals surface area (Å²) in [5.41, 5.74) is 0.139. The number of carboxylic acid groups (broad SMARTS) is 1. The standard InChI is InChI=1S/C17H25NO5/c1-13-7-4-5-8-14(13)23-10-6-9-15(19)18-17(2,12-22-3)11-16(20)21/h4-5,7-8H,6,9-12H2,1-3H3,(H,18,19)(H,20,21). The molecule has 6 nitrogen and oxygen atoms in total. The lowest BCUT2D eigenvalue weighted by Crippen LogP contribution is -2.50. The van der Waals surface area contributed by atoms with E-state index in [0.717, 1.165) is 11.3 Å². The van der Waals surface area contributed by atoms with Crippen LogP contribution in [0.2, 0.25) is 0 Å². The third-order valence-corrected chi connectivity index (χ3v) is 3.34. The quantitative estimate of drug-likeness (QED) is 0.645. The number of carbonyl (C=O) groups excluding carboxylic acids is 1. The first-order valence-electron chi connectivity index (χ1n) is 7.56. The van der Waals surface area contributed by atoms with Gasteiger partial charge in [-0.1, -0.05) is 18.2 Å². The second-order valence-corrected chi connectivity index (χ2v) is 5.83. The molecule has 0 saturated heterocycles. The summed E-state index contributed by atoms with van der Waals surface area (Å²) in [5, 5.41) is 11.7. The Labute approximate surface area is 136 Å². The van der Waals surface area contributed by atoms with Crippen molar-refractivity contribution in [1.82, 2.24) is 5.32 Å². The summed E-state index contributed by atoms with van der Waals surface area (Å²) in [6.45, 7) is 4.19. The number of rotatable bonds is 10. The lowest BCUT2D eigenvalue weighted by Gasteiger charge is -2.28. The molecule has 1 unspecified atom stereocenters. The summed E-state index contributed by atoms with van der Waals surface area (Å²) in [7, 11) is 1.47. The highest BCUT2D eigenvalue weighted by atomic mass is 16.5. The summed E-state index contributed by atoms with van der Waals surface area (Å²) in [4.78, 5) is 22.9. The van der Waals surface area contributed by atoms with Crippen molar-refractivity contribution in [3.8, 4) is 5.75 Å². The maximum atomic E-state index is 12.0. The van der Waals surface area contributed by atoms with E-state index in [1.807, 2.05) is 31.2 Å². The van der Waals surface area contributed by atoms with Crippen molar-refractivity contribution < 1.29 is 24.2 Å². The third-order valence-electron chi connectivity index (χ3n) is 3.34. The number of aryl methyl sites for hydroxylation is 1. The Morgan fingerprint density at radius 3 is 2.61 bits per heavy atom. The number of hydrogen-bond donors (Lipinski definition) is 2. The van der Waals surface area contributed by atoms with Crippen molar-refractivity contribution in [2.24, 2.45) is 0 Å². The molecule has 1 atom stereocenters. The van der Waals surface area contributed by atoms with E-state index in [4.69, 9.17) is 14.6 Å². The number of aliphatic carboxylic acids is 1. The number of amides is 1. The van der Waals surface area contributed by atoms with Crippen LogP contribution in [0.1, 0.15) is 31.7 Å². The van der Waals surface area contributed by atoms with Crippen LogP contribution in [0, 0.1) is 6.92 Å². The van der Waals surface area contributed by atoms with E-state index in [2.05, 4.69) is 5.32 Å². The topological polar surface area (TPSA) is 84.9 Å². The van der Waals surface area contributed by atoms with Crippen LogP contribution >= 0.6 is 0 Å². The minimum Gasteiger partial charge on any atom is -0.493 e. The molecule has 0 aliphatic rings. The van der Waals surface area contributed by atoms with Gasteiger partial charge in [0.25, 0.3) is 0 Å². The van der Waals surface area contributed by atoms with Gasteiger partial charge in [-0.05, 0) is 31.9 Å². The number of carboxylic acids is 1. The molecule has 1 amide bonds. The molecule has 0 heterocycles. The Morgan fingerprint density at radius 1 is 1.30 bits per heavy atom. The van der Waals surface area contributed by atoms with Crippen LogP contribution in [0.5, 0.6) is 5.75 Å². The number of benzene rings is 1. The predicted octanol–water partition coefficient (Wildman–Crippen LogP) is 2.15. The largest absolute Gasteiger partial charge is 0.493 e. The molecule has 1 aromatic carbocycles. The van der Waals surface area contributed by atoms with Crippen molar-refractivity contribution in [1.29, 1.82) is 0 Å². The monoisotopic (exact) mass is 323 g/mol. The van der Waals surface area contributed by atoms with Crippen LogP contribution in [0.4, 0.5) is 0 Å². The summed E-state index contributed by atoms with van der Waals surface area (Å²) in [6, 6.07) is 7.69. The van der Waals surface area contributed by atoms with Gasteiger partial charge in [-0.15, -0.1) is 0 Å². The third kappa shape index (κ3) is 7.15. The van der Waals surface area contributed by atoms with Crippen LogP contribution in [-0.2, 0) is 14.3 Å². The van der Waals surface area contributed by atoms with Crippen molar-refractivity contribution in [2.45, 2.75) is 38.6 Å². The Balaban J connectivity index is 2.38. The van der Waals surface area contributed by atoms with E-state index in [0.29, 0.717) is 13.0 Å². The van der Waals surface area contributed by atoms with Crippen molar-refractivity contribution >= 4 is 11.9 Å². The minimum absolute atomic E-state index is 0.144. The molecular formula is C17H25NO5. The van der Waals surface area contributed by atoms with Crippen molar-refractivity contribution in [3.63, 3.8) is 0 Å². The van der Waals surface area contributed by atoms with Gasteiger partial charge in [-0.25, -0.2) is 0 Å². The molecule has 0 saturated carbocycles. The number of hydrogen-bond acceptors (Lipinski definition) is 4. The van der Waals surface area contributed by atoms with Gasteiger partial charge < -0.3 is 19.9 Å². The van der Waals surface area contributed by atoms with Gasteiger partial charge in [0.05, 0.1) is 25.2 Å². The van der Waals surface area contributed by atoms with E-state index < -0.39 is 11.5 Å². The fraction of sp³-hybridized carbons (Fsp3) is 0.529. The highest BCUT2D eigenvalue weighted by Gasteiger charge is 2.29. The number of nitrogens with one attached hydrogen (secondary N) is 1. The van der Waals surface area contributed by atoms with Gasteiger partial charge in [0.2, 0.25) is 5.91 Å². The predicted molar refractivity (Wildman–Crippen MR) is 86.6 cm³/mol. The molecule has 0 radical (unpaired) electrons. The molecule has 0 aliphatic carbocycles. The van der Waals surface area contributed by atoms with E-state index in [1.165, 1.54) is 7.11 Å². The Morgan fingerprint density at radius 2 is 2.00 bits per heavy atom. The van der Waals surface area contributed by atoms with Gasteiger partial charge in [-0.2, -0.15) is 0 Å². The van der Waals surface area contributed by atoms with E-state index >= 15 is 0 Å². The minimum atomic E-state index is -0.979. The second kappa shape index (κ2) is 9.15. The highest BCUT2D eigenvalue weighted by Crippen LogP contribution is 2.16. The summed E-state index contributed by atoms with van der Waals surface area (Å²) >= 11 is 0. The maximum absolute atomic E-state index is 12.0. The van der Waals surface area contributed by atoms with E-state index in [1.54, 1.807) is 6.92 Å². The first kappa shape index (κ1) is 19.0. The molecule has 0 bridgehead atoms. The van der Waals surface area contributed by atoms with E-state index in [-0.39, 0.29) is 25.4 Å². The average molecular weight is 323 g/mol. The lowest BCUT2D eigenvalue weighted by molar-refractivity contribution is -0.139. The van der Waals surface area contributed by atoms with Crippen LogP contribution in [-0.4, -0.2) is 42.8 Å². The molecule has 23 heavy (non-hydrogen) atoms. The molecule has 128 valence electrons. The molecule has 1 aromatic rings.